The van der Waals surface area contributed by atoms with Crippen LogP contribution in [0.15, 0.2) is 24.8 Å². The predicted molar refractivity (Wildman–Crippen MR) is 68.6 cm³/mol. The number of nitrogens with zero attached hydrogens (tertiary/aromatic N) is 2. The second-order valence-electron chi connectivity index (χ2n) is 4.17. The van der Waals surface area contributed by atoms with E-state index in [1.807, 2.05) is 0 Å². The summed E-state index contributed by atoms with van der Waals surface area (Å²) in [5.74, 6) is -1.96. The van der Waals surface area contributed by atoms with Crippen molar-refractivity contribution in [2.45, 2.75) is 12.5 Å². The van der Waals surface area contributed by atoms with E-state index < -0.39 is 22.8 Å². The van der Waals surface area contributed by atoms with Crippen LogP contribution < -0.4 is 5.32 Å². The Bertz CT molecular complexity index is 662. The molecule has 0 bridgehead atoms. The lowest BCUT2D eigenvalue weighted by Crippen LogP contribution is -2.42. The van der Waals surface area contributed by atoms with Crippen LogP contribution in [-0.2, 0) is 11.2 Å². The van der Waals surface area contributed by atoms with Crippen LogP contribution in [0.25, 0.3) is 0 Å². The van der Waals surface area contributed by atoms with Crippen LogP contribution in [0.5, 0.6) is 0 Å². The van der Waals surface area contributed by atoms with E-state index in [0.717, 1.165) is 12.3 Å². The van der Waals surface area contributed by atoms with Crippen molar-refractivity contribution < 1.29 is 19.6 Å². The topological polar surface area (TPSA) is 154 Å². The molecule has 2 aromatic heterocycles. The molecule has 10 heteroatoms. The number of rotatable bonds is 6. The third-order valence-electron chi connectivity index (χ3n) is 2.71. The normalized spacial score (nSPS) is 11.8. The summed E-state index contributed by atoms with van der Waals surface area (Å²) in [5.41, 5.74) is 0.179. The van der Waals surface area contributed by atoms with Crippen LogP contribution in [0, 0.1) is 10.1 Å². The first kappa shape index (κ1) is 14.2. The third-order valence-corrected chi connectivity index (χ3v) is 2.71. The number of imidazole rings is 1. The minimum absolute atomic E-state index is 0.0177. The molecule has 2 heterocycles. The van der Waals surface area contributed by atoms with E-state index in [1.54, 1.807) is 0 Å². The summed E-state index contributed by atoms with van der Waals surface area (Å²) in [5, 5.41) is 21.9. The standard InChI is InChI=1S/C11H11N5O5/c17-10(8-2-7(4-13-8)16(20)21)15-9(11(18)19)1-6-3-12-5-14-6/h2-5,9,13H,1H2,(H,12,14)(H,15,17)(H,18,19)/t9-/m1/s1. The largest absolute Gasteiger partial charge is 0.480 e. The number of nitrogens with one attached hydrogen (secondary N) is 3. The monoisotopic (exact) mass is 293 g/mol. The highest BCUT2D eigenvalue weighted by Crippen LogP contribution is 2.12. The molecule has 0 saturated heterocycles. The van der Waals surface area contributed by atoms with E-state index in [0.29, 0.717) is 5.69 Å². The van der Waals surface area contributed by atoms with Gasteiger partial charge >= 0.3 is 5.97 Å². The lowest BCUT2D eigenvalue weighted by atomic mass is 10.1. The Hall–Kier alpha value is -3.17. The van der Waals surface area contributed by atoms with Crippen molar-refractivity contribution in [1.82, 2.24) is 20.3 Å². The van der Waals surface area contributed by atoms with E-state index in [4.69, 9.17) is 5.11 Å². The van der Waals surface area contributed by atoms with Crippen LogP contribution in [0.1, 0.15) is 16.2 Å². The number of carbonyl (C=O) groups is 2. The van der Waals surface area contributed by atoms with E-state index >= 15 is 0 Å². The minimum atomic E-state index is -1.22. The number of amides is 1. The predicted octanol–water partition coefficient (Wildman–Crippen LogP) is 0.0717. The molecule has 0 aromatic carbocycles. The van der Waals surface area contributed by atoms with Gasteiger partial charge in [-0.15, -0.1) is 0 Å². The van der Waals surface area contributed by atoms with Gasteiger partial charge in [-0.2, -0.15) is 0 Å². The van der Waals surface area contributed by atoms with Crippen molar-refractivity contribution in [3.05, 3.63) is 46.3 Å². The SMILES string of the molecule is O=C(N[C@H](Cc1cnc[nH]1)C(=O)O)c1cc([N+](=O)[O-])c[nH]1. The lowest BCUT2D eigenvalue weighted by molar-refractivity contribution is -0.384. The van der Waals surface area contributed by atoms with Crippen LogP contribution in [-0.4, -0.2) is 42.9 Å². The Morgan fingerprint density at radius 2 is 2.24 bits per heavy atom. The molecule has 21 heavy (non-hydrogen) atoms. The molecule has 4 N–H and O–H groups in total. The zero-order chi connectivity index (χ0) is 15.4. The summed E-state index contributed by atoms with van der Waals surface area (Å²) in [6.07, 6.45) is 3.91. The molecule has 1 amide bonds. The van der Waals surface area contributed by atoms with Gasteiger partial charge in [-0.3, -0.25) is 14.9 Å². The number of hydrogen-bond acceptors (Lipinski definition) is 5. The smallest absolute Gasteiger partial charge is 0.326 e. The van der Waals surface area contributed by atoms with Gasteiger partial charge in [0.25, 0.3) is 11.6 Å². The molecule has 110 valence electrons. The van der Waals surface area contributed by atoms with E-state index in [2.05, 4.69) is 20.3 Å². The second-order valence-corrected chi connectivity index (χ2v) is 4.17. The summed E-state index contributed by atoms with van der Waals surface area (Å²) in [4.78, 5) is 41.8. The number of carbonyl (C=O) groups excluding carboxylic acids is 1. The fourth-order valence-electron chi connectivity index (χ4n) is 1.67. The first-order valence-electron chi connectivity index (χ1n) is 5.81. The van der Waals surface area contributed by atoms with Gasteiger partial charge in [-0.05, 0) is 0 Å². The van der Waals surface area contributed by atoms with Gasteiger partial charge in [-0.25, -0.2) is 9.78 Å². The Balaban J connectivity index is 2.07. The molecule has 0 saturated carbocycles. The van der Waals surface area contributed by atoms with E-state index in [9.17, 15) is 19.7 Å². The fourth-order valence-corrected chi connectivity index (χ4v) is 1.67. The maximum Gasteiger partial charge on any atom is 0.326 e. The van der Waals surface area contributed by atoms with E-state index in [1.165, 1.54) is 12.5 Å². The van der Waals surface area contributed by atoms with E-state index in [-0.39, 0.29) is 17.8 Å². The molecular weight excluding hydrogens is 282 g/mol. The average Bonchev–Trinajstić information content (AvgIpc) is 3.08. The van der Waals surface area contributed by atoms with Gasteiger partial charge in [0, 0.05) is 24.4 Å². The molecule has 0 aliphatic rings. The Morgan fingerprint density at radius 3 is 2.76 bits per heavy atom. The number of H-pyrrole nitrogens is 2. The molecule has 1 atom stereocenters. The summed E-state index contributed by atoms with van der Waals surface area (Å²) >= 11 is 0. The summed E-state index contributed by atoms with van der Waals surface area (Å²) in [6, 6.07) is -0.148. The molecule has 0 spiro atoms. The van der Waals surface area contributed by atoms with Crippen molar-refractivity contribution in [1.29, 1.82) is 0 Å². The number of carboxylic acids is 1. The van der Waals surface area contributed by atoms with Crippen LogP contribution >= 0.6 is 0 Å². The summed E-state index contributed by atoms with van der Waals surface area (Å²) in [6.45, 7) is 0. The zero-order valence-electron chi connectivity index (χ0n) is 10.6. The molecule has 0 unspecified atom stereocenters. The molecule has 0 fully saturated rings. The van der Waals surface area contributed by atoms with Gasteiger partial charge in [0.05, 0.1) is 17.4 Å². The molecule has 2 rings (SSSR count). The minimum Gasteiger partial charge on any atom is -0.480 e. The highest BCUT2D eigenvalue weighted by molar-refractivity contribution is 5.95. The number of hydrogen-bond donors (Lipinski definition) is 4. The van der Waals surface area contributed by atoms with Gasteiger partial charge in [-0.1, -0.05) is 0 Å². The number of carboxylic acid groups (broad SMARTS) is 1. The average molecular weight is 293 g/mol. The van der Waals surface area contributed by atoms with Crippen molar-refractivity contribution in [2.24, 2.45) is 0 Å². The Labute approximate surface area is 117 Å². The van der Waals surface area contributed by atoms with Crippen LogP contribution in [0.4, 0.5) is 5.69 Å². The Morgan fingerprint density at radius 1 is 1.48 bits per heavy atom. The molecule has 0 aliphatic carbocycles. The van der Waals surface area contributed by atoms with Crippen molar-refractivity contribution in [3.8, 4) is 0 Å². The number of aromatic amines is 2. The molecule has 10 nitrogen and oxygen atoms in total. The highest BCUT2D eigenvalue weighted by atomic mass is 16.6. The van der Waals surface area contributed by atoms with Gasteiger partial charge < -0.3 is 20.4 Å². The van der Waals surface area contributed by atoms with Crippen LogP contribution in [0.2, 0.25) is 0 Å². The van der Waals surface area contributed by atoms with Gasteiger partial charge in [0.1, 0.15) is 11.7 Å². The van der Waals surface area contributed by atoms with Gasteiger partial charge in [0.2, 0.25) is 0 Å². The Kier molecular flexibility index (Phi) is 3.97. The number of nitro groups is 1. The molecule has 2 aromatic rings. The van der Waals surface area contributed by atoms with Crippen molar-refractivity contribution in [3.63, 3.8) is 0 Å². The fraction of sp³-hybridized carbons (Fsp3) is 0.182. The summed E-state index contributed by atoms with van der Waals surface area (Å²) in [7, 11) is 0. The maximum absolute atomic E-state index is 11.9. The number of aliphatic carboxylic acids is 1. The molecular formula is C11H11N5O5. The molecule has 0 aliphatic heterocycles. The number of aromatic nitrogens is 3. The maximum atomic E-state index is 11.9. The van der Waals surface area contributed by atoms with Crippen LogP contribution in [0.3, 0.4) is 0 Å². The summed E-state index contributed by atoms with van der Waals surface area (Å²) < 4.78 is 0. The third kappa shape index (κ3) is 3.43. The highest BCUT2D eigenvalue weighted by Gasteiger charge is 2.23. The quantitative estimate of drug-likeness (QED) is 0.436. The van der Waals surface area contributed by atoms with Gasteiger partial charge in [0.15, 0.2) is 0 Å². The van der Waals surface area contributed by atoms with Crippen molar-refractivity contribution >= 4 is 17.6 Å². The first-order chi connectivity index (χ1) is 9.97. The van der Waals surface area contributed by atoms with Crippen molar-refractivity contribution in [2.75, 3.05) is 0 Å². The molecule has 0 radical (unpaired) electrons. The second kappa shape index (κ2) is 5.86. The lowest BCUT2D eigenvalue weighted by Gasteiger charge is -2.12. The zero-order valence-corrected chi connectivity index (χ0v) is 10.6. The first-order valence-corrected chi connectivity index (χ1v) is 5.81.